The van der Waals surface area contributed by atoms with Gasteiger partial charge in [0.05, 0.1) is 12.6 Å². The van der Waals surface area contributed by atoms with Crippen molar-refractivity contribution in [1.29, 1.82) is 0 Å². The number of aryl methyl sites for hydroxylation is 1. The number of hydrogen-bond acceptors (Lipinski definition) is 4. The number of aliphatic hydroxyl groups is 1. The van der Waals surface area contributed by atoms with Gasteiger partial charge in [-0.1, -0.05) is 30.2 Å². The van der Waals surface area contributed by atoms with Gasteiger partial charge >= 0.3 is 5.97 Å². The van der Waals surface area contributed by atoms with Gasteiger partial charge in [0.1, 0.15) is 5.60 Å². The highest BCUT2D eigenvalue weighted by molar-refractivity contribution is 5.69. The summed E-state index contributed by atoms with van der Waals surface area (Å²) in [5.74, 6) is 2.70. The number of benzene rings is 1. The average molecular weight is 367 g/mol. The van der Waals surface area contributed by atoms with Gasteiger partial charge in [-0.05, 0) is 62.4 Å². The smallest absolute Gasteiger partial charge is 0.306 e. The van der Waals surface area contributed by atoms with Gasteiger partial charge in [0, 0.05) is 12.3 Å². The molecule has 2 bridgehead atoms. The maximum Gasteiger partial charge on any atom is 0.306 e. The van der Waals surface area contributed by atoms with Crippen molar-refractivity contribution in [1.82, 2.24) is 4.90 Å². The third-order valence-electron chi connectivity index (χ3n) is 5.95. The van der Waals surface area contributed by atoms with Crippen molar-refractivity contribution in [2.45, 2.75) is 50.7 Å². The zero-order valence-electron chi connectivity index (χ0n) is 16.1. The molecule has 2 atom stereocenters. The fraction of sp³-hybridized carbons (Fsp3) is 0.522. The highest BCUT2D eigenvalue weighted by atomic mass is 16.5. The first-order chi connectivity index (χ1) is 13.0. The summed E-state index contributed by atoms with van der Waals surface area (Å²) in [7, 11) is 0. The summed E-state index contributed by atoms with van der Waals surface area (Å²) in [5, 5.41) is 11.3. The standard InChI is InChI=1S/C23H29NO3/c1-4-7-18-16-17(9-11-21(25)27-6-3)8-10-20(18)22-23(26,5-2)19-12-14-24(22)15-13-19/h2,4,8,10,16,19,22,26H,1,6-7,9,11-15H2,3H3. The first-order valence-electron chi connectivity index (χ1n) is 9.85. The van der Waals surface area contributed by atoms with Crippen LogP contribution >= 0.6 is 0 Å². The van der Waals surface area contributed by atoms with E-state index in [1.807, 2.05) is 19.1 Å². The fourth-order valence-electron chi connectivity index (χ4n) is 4.62. The van der Waals surface area contributed by atoms with E-state index in [-0.39, 0.29) is 17.9 Å². The predicted octanol–water partition coefficient (Wildman–Crippen LogP) is 3.04. The van der Waals surface area contributed by atoms with Gasteiger partial charge in [0.2, 0.25) is 0 Å². The molecule has 0 spiro atoms. The van der Waals surface area contributed by atoms with E-state index in [1.165, 1.54) is 0 Å². The van der Waals surface area contributed by atoms with E-state index >= 15 is 0 Å². The second-order valence-corrected chi connectivity index (χ2v) is 7.51. The van der Waals surface area contributed by atoms with Crippen LogP contribution in [0.15, 0.2) is 30.9 Å². The van der Waals surface area contributed by atoms with Gasteiger partial charge in [0.15, 0.2) is 0 Å². The normalized spacial score (nSPS) is 29.1. The van der Waals surface area contributed by atoms with Crippen LogP contribution in [-0.4, -0.2) is 41.3 Å². The molecule has 1 aromatic rings. The Balaban J connectivity index is 1.89. The lowest BCUT2D eigenvalue weighted by Gasteiger charge is -2.54. The van der Waals surface area contributed by atoms with Crippen molar-refractivity contribution >= 4 is 5.97 Å². The van der Waals surface area contributed by atoms with Crippen LogP contribution in [0.4, 0.5) is 0 Å². The number of rotatable bonds is 7. The summed E-state index contributed by atoms with van der Waals surface area (Å²) in [6.07, 6.45) is 11.3. The third kappa shape index (κ3) is 3.81. The Hall–Kier alpha value is -2.09. The van der Waals surface area contributed by atoms with E-state index in [4.69, 9.17) is 11.2 Å². The molecule has 1 N–H and O–H groups in total. The summed E-state index contributed by atoms with van der Waals surface area (Å²) in [5.41, 5.74) is 2.17. The quantitative estimate of drug-likeness (QED) is 0.457. The van der Waals surface area contributed by atoms with Crippen LogP contribution in [0.1, 0.15) is 48.9 Å². The van der Waals surface area contributed by atoms with Crippen molar-refractivity contribution in [2.24, 2.45) is 5.92 Å². The molecular formula is C23H29NO3. The lowest BCUT2D eigenvalue weighted by atomic mass is 9.67. The number of carbonyl (C=O) groups is 1. The summed E-state index contributed by atoms with van der Waals surface area (Å²) < 4.78 is 5.02. The number of ether oxygens (including phenoxy) is 1. The molecule has 4 nitrogen and oxygen atoms in total. The predicted molar refractivity (Wildman–Crippen MR) is 106 cm³/mol. The molecule has 4 rings (SSSR count). The van der Waals surface area contributed by atoms with E-state index in [9.17, 15) is 9.90 Å². The number of carbonyl (C=O) groups excluding carboxylic acids is 1. The molecule has 144 valence electrons. The molecule has 3 aliphatic rings. The van der Waals surface area contributed by atoms with Crippen molar-refractivity contribution in [3.63, 3.8) is 0 Å². The zero-order chi connectivity index (χ0) is 19.4. The van der Waals surface area contributed by atoms with Crippen LogP contribution in [0.3, 0.4) is 0 Å². The molecule has 0 amide bonds. The maximum absolute atomic E-state index is 11.7. The van der Waals surface area contributed by atoms with Crippen molar-refractivity contribution in [2.75, 3.05) is 19.7 Å². The number of hydrogen-bond donors (Lipinski definition) is 1. The van der Waals surface area contributed by atoms with Crippen LogP contribution in [0.5, 0.6) is 0 Å². The Labute approximate surface area is 162 Å². The van der Waals surface area contributed by atoms with Gasteiger partial charge in [0.25, 0.3) is 0 Å². The first-order valence-corrected chi connectivity index (χ1v) is 9.85. The minimum absolute atomic E-state index is 0.151. The van der Waals surface area contributed by atoms with Crippen molar-refractivity contribution in [3.8, 4) is 12.3 Å². The summed E-state index contributed by atoms with van der Waals surface area (Å²) in [6.45, 7) is 8.04. The van der Waals surface area contributed by atoms with Gasteiger partial charge in [-0.2, -0.15) is 0 Å². The number of esters is 1. The third-order valence-corrected chi connectivity index (χ3v) is 5.95. The van der Waals surface area contributed by atoms with E-state index < -0.39 is 5.60 Å². The molecule has 1 aromatic carbocycles. The van der Waals surface area contributed by atoms with E-state index in [1.54, 1.807) is 0 Å². The minimum Gasteiger partial charge on any atom is -0.466 e. The largest absolute Gasteiger partial charge is 0.466 e. The topological polar surface area (TPSA) is 49.8 Å². The van der Waals surface area contributed by atoms with E-state index in [0.717, 1.165) is 42.6 Å². The van der Waals surface area contributed by atoms with Gasteiger partial charge < -0.3 is 9.84 Å². The highest BCUT2D eigenvalue weighted by Crippen LogP contribution is 2.48. The number of terminal acetylenes is 1. The molecule has 3 aliphatic heterocycles. The van der Waals surface area contributed by atoms with E-state index in [2.05, 4.69) is 29.5 Å². The Bertz CT molecular complexity index is 742. The second kappa shape index (κ2) is 8.29. The van der Waals surface area contributed by atoms with Crippen LogP contribution in [-0.2, 0) is 22.4 Å². The Morgan fingerprint density at radius 2 is 2.22 bits per heavy atom. The average Bonchev–Trinajstić information content (AvgIpc) is 2.68. The number of piperidine rings is 3. The SMILES string of the molecule is C#CC1(O)C2CCN(CC2)C1c1ccc(CCC(=O)OCC)cc1CC=C. The van der Waals surface area contributed by atoms with Gasteiger partial charge in [-0.15, -0.1) is 13.0 Å². The first kappa shape index (κ1) is 19.7. The lowest BCUT2D eigenvalue weighted by molar-refractivity contribution is -0.143. The monoisotopic (exact) mass is 367 g/mol. The highest BCUT2D eigenvalue weighted by Gasteiger charge is 2.53. The van der Waals surface area contributed by atoms with Crippen LogP contribution in [0.2, 0.25) is 0 Å². The fourth-order valence-corrected chi connectivity index (χ4v) is 4.62. The molecule has 3 saturated heterocycles. The lowest BCUT2D eigenvalue weighted by Crippen LogP contribution is -2.60. The minimum atomic E-state index is -1.13. The van der Waals surface area contributed by atoms with Crippen LogP contribution in [0.25, 0.3) is 0 Å². The number of allylic oxidation sites excluding steroid dienone is 1. The molecule has 4 heteroatoms. The van der Waals surface area contributed by atoms with E-state index in [0.29, 0.717) is 25.9 Å². The molecule has 3 heterocycles. The molecule has 0 radical (unpaired) electrons. The molecular weight excluding hydrogens is 338 g/mol. The van der Waals surface area contributed by atoms with Crippen molar-refractivity contribution in [3.05, 3.63) is 47.5 Å². The Morgan fingerprint density at radius 1 is 1.48 bits per heavy atom. The van der Waals surface area contributed by atoms with Crippen LogP contribution < -0.4 is 0 Å². The molecule has 0 aromatic heterocycles. The van der Waals surface area contributed by atoms with Gasteiger partial charge in [-0.3, -0.25) is 9.69 Å². The Morgan fingerprint density at radius 3 is 2.85 bits per heavy atom. The Kier molecular flexibility index (Phi) is 6.04. The summed E-state index contributed by atoms with van der Waals surface area (Å²) in [4.78, 5) is 14.0. The molecule has 27 heavy (non-hydrogen) atoms. The molecule has 0 saturated carbocycles. The number of fused-ring (bicyclic) bond motifs is 3. The summed E-state index contributed by atoms with van der Waals surface area (Å²) >= 11 is 0. The second-order valence-electron chi connectivity index (χ2n) is 7.51. The summed E-state index contributed by atoms with van der Waals surface area (Å²) in [6, 6.07) is 6.06. The molecule has 2 unspecified atom stereocenters. The van der Waals surface area contributed by atoms with Gasteiger partial charge in [-0.25, -0.2) is 0 Å². The maximum atomic E-state index is 11.7. The van der Waals surface area contributed by atoms with Crippen LogP contribution in [0, 0.1) is 18.3 Å². The molecule has 0 aliphatic carbocycles. The zero-order valence-corrected chi connectivity index (χ0v) is 16.1. The molecule has 3 fully saturated rings. The number of nitrogens with zero attached hydrogens (tertiary/aromatic N) is 1. The van der Waals surface area contributed by atoms with Crippen molar-refractivity contribution < 1.29 is 14.6 Å².